The molecule has 9 nitrogen and oxygen atoms in total. The smallest absolute Gasteiger partial charge is 0.266 e. The first kappa shape index (κ1) is 20.7. The number of aromatic amines is 1. The molecule has 2 aromatic heterocycles. The van der Waals surface area contributed by atoms with E-state index in [1.807, 2.05) is 6.92 Å². The van der Waals surface area contributed by atoms with E-state index < -0.39 is 10.0 Å². The van der Waals surface area contributed by atoms with Crippen molar-refractivity contribution < 1.29 is 13.2 Å². The largest absolute Gasteiger partial charge is 0.352 e. The van der Waals surface area contributed by atoms with Gasteiger partial charge in [0.2, 0.25) is 15.9 Å². The zero-order chi connectivity index (χ0) is 21.3. The van der Waals surface area contributed by atoms with Gasteiger partial charge >= 0.3 is 0 Å². The monoisotopic (exact) mass is 417 g/mol. The highest BCUT2D eigenvalue weighted by Crippen LogP contribution is 2.15. The number of amides is 1. The minimum Gasteiger partial charge on any atom is -0.352 e. The third-order valence-corrected chi connectivity index (χ3v) is 6.56. The van der Waals surface area contributed by atoms with E-state index in [0.29, 0.717) is 11.3 Å². The Hall–Kier alpha value is -2.98. The van der Waals surface area contributed by atoms with Crippen molar-refractivity contribution >= 4 is 21.6 Å². The normalized spacial score (nSPS) is 11.9. The lowest BCUT2D eigenvalue weighted by Crippen LogP contribution is -2.26. The van der Waals surface area contributed by atoms with Gasteiger partial charge in [-0.3, -0.25) is 14.7 Å². The molecule has 29 heavy (non-hydrogen) atoms. The Balaban J connectivity index is 1.69. The maximum Gasteiger partial charge on any atom is 0.266 e. The standard InChI is InChI=1S/C19H23N5O4S/c1-12-16(13(2)24-17(21-12)10-19(26)22-24)9-18(25)20-11-14-5-7-15(8-6-14)29(27,28)23(3)4/h5-8,10H,9,11H2,1-4H3,(H,20,25)(H,22,26). The van der Waals surface area contributed by atoms with Crippen LogP contribution in [-0.2, 0) is 27.8 Å². The molecule has 0 aliphatic heterocycles. The van der Waals surface area contributed by atoms with Crippen molar-refractivity contribution in [2.75, 3.05) is 14.1 Å². The number of H-pyrrole nitrogens is 1. The van der Waals surface area contributed by atoms with E-state index in [9.17, 15) is 18.0 Å². The highest BCUT2D eigenvalue weighted by molar-refractivity contribution is 7.89. The summed E-state index contributed by atoms with van der Waals surface area (Å²) in [5.41, 5.74) is 3.24. The van der Waals surface area contributed by atoms with Crippen LogP contribution < -0.4 is 10.9 Å². The topological polar surface area (TPSA) is 117 Å². The van der Waals surface area contributed by atoms with Crippen molar-refractivity contribution in [3.63, 3.8) is 0 Å². The van der Waals surface area contributed by atoms with Gasteiger partial charge in [0.25, 0.3) is 5.56 Å². The Bertz CT molecular complexity index is 1220. The molecule has 0 fully saturated rings. The minimum absolute atomic E-state index is 0.119. The van der Waals surface area contributed by atoms with Gasteiger partial charge in [0.15, 0.2) is 5.65 Å². The van der Waals surface area contributed by atoms with Gasteiger partial charge in [-0.25, -0.2) is 22.2 Å². The van der Waals surface area contributed by atoms with Crippen LogP contribution in [0.15, 0.2) is 40.0 Å². The van der Waals surface area contributed by atoms with Crippen LogP contribution in [-0.4, -0.2) is 47.3 Å². The van der Waals surface area contributed by atoms with Crippen LogP contribution in [0.3, 0.4) is 0 Å². The van der Waals surface area contributed by atoms with Gasteiger partial charge in [-0.05, 0) is 31.5 Å². The molecule has 1 aromatic carbocycles. The molecule has 0 bridgehead atoms. The number of sulfonamides is 1. The summed E-state index contributed by atoms with van der Waals surface area (Å²) in [6.45, 7) is 3.90. The van der Waals surface area contributed by atoms with Crippen LogP contribution in [0.5, 0.6) is 0 Å². The van der Waals surface area contributed by atoms with Crippen molar-refractivity contribution in [3.05, 3.63) is 63.2 Å². The van der Waals surface area contributed by atoms with E-state index in [4.69, 9.17) is 0 Å². The number of hydrogen-bond donors (Lipinski definition) is 2. The van der Waals surface area contributed by atoms with Gasteiger partial charge in [0.05, 0.1) is 11.3 Å². The summed E-state index contributed by atoms with van der Waals surface area (Å²) in [5.74, 6) is -0.197. The van der Waals surface area contributed by atoms with Crippen LogP contribution in [0.2, 0.25) is 0 Å². The van der Waals surface area contributed by atoms with E-state index in [0.717, 1.165) is 21.1 Å². The summed E-state index contributed by atoms with van der Waals surface area (Å²) in [5, 5.41) is 5.49. The molecule has 154 valence electrons. The third-order valence-electron chi connectivity index (χ3n) is 4.73. The quantitative estimate of drug-likeness (QED) is 0.614. The number of benzene rings is 1. The second-order valence-corrected chi connectivity index (χ2v) is 9.11. The molecular weight excluding hydrogens is 394 g/mol. The molecule has 0 radical (unpaired) electrons. The third kappa shape index (κ3) is 4.22. The van der Waals surface area contributed by atoms with Crippen LogP contribution in [0.25, 0.3) is 5.65 Å². The lowest BCUT2D eigenvalue weighted by atomic mass is 10.1. The molecule has 0 saturated carbocycles. The van der Waals surface area contributed by atoms with Crippen LogP contribution in [0, 0.1) is 13.8 Å². The number of hydrogen-bond acceptors (Lipinski definition) is 5. The Labute approximate surface area is 168 Å². The Morgan fingerprint density at radius 3 is 2.48 bits per heavy atom. The van der Waals surface area contributed by atoms with Crippen molar-refractivity contribution in [2.45, 2.75) is 31.7 Å². The second kappa shape index (κ2) is 7.80. The number of nitrogens with one attached hydrogen (secondary N) is 2. The predicted molar refractivity (Wildman–Crippen MR) is 108 cm³/mol. The summed E-state index contributed by atoms with van der Waals surface area (Å²) in [7, 11) is -0.529. The van der Waals surface area contributed by atoms with Crippen LogP contribution in [0.4, 0.5) is 0 Å². The average Bonchev–Trinajstić information content (AvgIpc) is 3.04. The molecule has 1 amide bonds. The van der Waals surface area contributed by atoms with Crippen molar-refractivity contribution in [1.29, 1.82) is 0 Å². The van der Waals surface area contributed by atoms with Gasteiger partial charge in [-0.1, -0.05) is 12.1 Å². The van der Waals surface area contributed by atoms with Gasteiger partial charge < -0.3 is 5.32 Å². The number of aryl methyl sites for hydroxylation is 2. The Morgan fingerprint density at radius 2 is 1.86 bits per heavy atom. The van der Waals surface area contributed by atoms with Gasteiger partial charge in [-0.2, -0.15) is 0 Å². The van der Waals surface area contributed by atoms with E-state index in [1.54, 1.807) is 23.6 Å². The number of rotatable bonds is 6. The Kier molecular flexibility index (Phi) is 5.58. The fourth-order valence-electron chi connectivity index (χ4n) is 3.03. The van der Waals surface area contributed by atoms with E-state index in [2.05, 4.69) is 15.4 Å². The fraction of sp³-hybridized carbons (Fsp3) is 0.316. The highest BCUT2D eigenvalue weighted by atomic mass is 32.2. The number of nitrogens with zero attached hydrogens (tertiary/aromatic N) is 3. The summed E-state index contributed by atoms with van der Waals surface area (Å²) < 4.78 is 26.9. The number of carbonyl (C=O) groups is 1. The molecule has 2 heterocycles. The lowest BCUT2D eigenvalue weighted by molar-refractivity contribution is -0.120. The summed E-state index contributed by atoms with van der Waals surface area (Å²) in [4.78, 5) is 28.5. The van der Waals surface area contributed by atoms with Gasteiger partial charge in [0, 0.05) is 43.7 Å². The maximum atomic E-state index is 12.4. The predicted octanol–water partition coefficient (Wildman–Crippen LogP) is 0.749. The number of aromatic nitrogens is 3. The maximum absolute atomic E-state index is 12.4. The van der Waals surface area contributed by atoms with Crippen LogP contribution >= 0.6 is 0 Å². The van der Waals surface area contributed by atoms with Gasteiger partial charge in [0.1, 0.15) is 0 Å². The lowest BCUT2D eigenvalue weighted by Gasteiger charge is -2.13. The van der Waals surface area contributed by atoms with Crippen molar-refractivity contribution in [1.82, 2.24) is 24.2 Å². The van der Waals surface area contributed by atoms with Gasteiger partial charge in [-0.15, -0.1) is 0 Å². The molecule has 3 aromatic rings. The van der Waals surface area contributed by atoms with Crippen LogP contribution in [0.1, 0.15) is 22.5 Å². The molecule has 0 unspecified atom stereocenters. The van der Waals surface area contributed by atoms with Crippen molar-refractivity contribution in [3.8, 4) is 0 Å². The van der Waals surface area contributed by atoms with E-state index in [-0.39, 0.29) is 29.3 Å². The molecule has 0 aliphatic rings. The summed E-state index contributed by atoms with van der Waals surface area (Å²) >= 11 is 0. The molecule has 0 aliphatic carbocycles. The first-order chi connectivity index (χ1) is 13.6. The van der Waals surface area contributed by atoms with E-state index in [1.165, 1.54) is 32.3 Å². The summed E-state index contributed by atoms with van der Waals surface area (Å²) in [6, 6.07) is 7.79. The number of carbonyl (C=O) groups excluding carboxylic acids is 1. The molecule has 0 spiro atoms. The Morgan fingerprint density at radius 1 is 1.21 bits per heavy atom. The number of fused-ring (bicyclic) bond motifs is 1. The first-order valence-electron chi connectivity index (χ1n) is 8.95. The average molecular weight is 417 g/mol. The highest BCUT2D eigenvalue weighted by Gasteiger charge is 2.17. The van der Waals surface area contributed by atoms with E-state index >= 15 is 0 Å². The molecule has 10 heteroatoms. The summed E-state index contributed by atoms with van der Waals surface area (Å²) in [6.07, 6.45) is 0.119. The second-order valence-electron chi connectivity index (χ2n) is 6.96. The van der Waals surface area contributed by atoms with Crippen molar-refractivity contribution in [2.24, 2.45) is 0 Å². The molecule has 0 saturated heterocycles. The molecular formula is C19H23N5O4S. The fourth-order valence-corrected chi connectivity index (χ4v) is 3.93. The SMILES string of the molecule is Cc1nc2cc(=O)[nH]n2c(C)c1CC(=O)NCc1ccc(S(=O)(=O)N(C)C)cc1. The zero-order valence-electron chi connectivity index (χ0n) is 16.7. The zero-order valence-corrected chi connectivity index (χ0v) is 17.5. The molecule has 2 N–H and O–H groups in total. The molecule has 3 rings (SSSR count). The first-order valence-corrected chi connectivity index (χ1v) is 10.4. The minimum atomic E-state index is -3.48. The molecule has 0 atom stereocenters.